The van der Waals surface area contributed by atoms with Crippen molar-refractivity contribution in [3.05, 3.63) is 65.9 Å². The second-order valence-electron chi connectivity index (χ2n) is 7.18. The molecule has 0 fully saturated rings. The van der Waals surface area contributed by atoms with Crippen LogP contribution in [0.2, 0.25) is 0 Å². The van der Waals surface area contributed by atoms with Crippen LogP contribution in [0.4, 0.5) is 0 Å². The number of nitrogens with zero attached hydrogens (tertiary/aromatic N) is 5. The van der Waals surface area contributed by atoms with Crippen molar-refractivity contribution in [2.75, 3.05) is 32.9 Å². The molecule has 0 saturated heterocycles. The quantitative estimate of drug-likeness (QED) is 0.556. The highest BCUT2D eigenvalue weighted by Gasteiger charge is 2.15. The van der Waals surface area contributed by atoms with Gasteiger partial charge in [-0.2, -0.15) is 0 Å². The number of aromatic nitrogens is 3. The molecular weight excluding hydrogens is 370 g/mol. The Balaban J connectivity index is 1.57. The Hall–Kier alpha value is -2.38. The summed E-state index contributed by atoms with van der Waals surface area (Å²) >= 11 is 1.61. The Morgan fingerprint density at radius 1 is 1.18 bits per heavy atom. The molecule has 0 saturated carbocycles. The van der Waals surface area contributed by atoms with Crippen LogP contribution < -0.4 is 0 Å². The van der Waals surface area contributed by atoms with Gasteiger partial charge in [-0.25, -0.2) is 4.98 Å². The summed E-state index contributed by atoms with van der Waals surface area (Å²) in [6.45, 7) is 4.20. The van der Waals surface area contributed by atoms with Crippen molar-refractivity contribution >= 4 is 23.3 Å². The molecular formula is C21H27N5OS. The van der Waals surface area contributed by atoms with Gasteiger partial charge in [0.1, 0.15) is 5.65 Å². The predicted octanol–water partition coefficient (Wildman–Crippen LogP) is 2.86. The average molecular weight is 398 g/mol. The number of rotatable bonds is 9. The van der Waals surface area contributed by atoms with Gasteiger partial charge in [0.2, 0.25) is 5.91 Å². The maximum absolute atomic E-state index is 12.8. The lowest BCUT2D eigenvalue weighted by atomic mass is 10.2. The molecule has 0 radical (unpaired) electrons. The molecule has 6 nitrogen and oxygen atoms in total. The van der Waals surface area contributed by atoms with E-state index in [1.54, 1.807) is 18.0 Å². The second-order valence-corrected chi connectivity index (χ2v) is 8.16. The number of fused-ring (bicyclic) bond motifs is 1. The first kappa shape index (κ1) is 20.4. The van der Waals surface area contributed by atoms with Gasteiger partial charge in [0.05, 0.1) is 11.4 Å². The number of amides is 1. The van der Waals surface area contributed by atoms with E-state index in [1.807, 2.05) is 54.0 Å². The maximum atomic E-state index is 12.8. The molecule has 7 heteroatoms. The Bertz CT molecular complexity index is 910. The molecule has 3 aromatic heterocycles. The Morgan fingerprint density at radius 2 is 2.04 bits per heavy atom. The molecule has 3 rings (SSSR count). The molecule has 0 spiro atoms. The van der Waals surface area contributed by atoms with E-state index in [0.29, 0.717) is 18.8 Å². The molecule has 0 aromatic carbocycles. The van der Waals surface area contributed by atoms with E-state index in [0.717, 1.165) is 29.2 Å². The molecule has 0 N–H and O–H groups in total. The minimum Gasteiger partial charge on any atom is -0.336 e. The van der Waals surface area contributed by atoms with Crippen LogP contribution in [0.5, 0.6) is 0 Å². The van der Waals surface area contributed by atoms with Gasteiger partial charge in [0.15, 0.2) is 0 Å². The highest BCUT2D eigenvalue weighted by atomic mass is 32.2. The van der Waals surface area contributed by atoms with E-state index in [2.05, 4.69) is 34.1 Å². The summed E-state index contributed by atoms with van der Waals surface area (Å²) in [5.74, 6) is 1.32. The maximum Gasteiger partial charge on any atom is 0.232 e. The topological polar surface area (TPSA) is 53.7 Å². The SMILES string of the molecule is Cc1ccc2nc(CSCC(=O)N(CCN(C)C)Cc3cccnc3)cn2c1. The highest BCUT2D eigenvalue weighted by Crippen LogP contribution is 2.15. The van der Waals surface area contributed by atoms with Crippen LogP contribution >= 0.6 is 11.8 Å². The van der Waals surface area contributed by atoms with E-state index >= 15 is 0 Å². The van der Waals surface area contributed by atoms with Crippen molar-refractivity contribution in [2.45, 2.75) is 19.2 Å². The van der Waals surface area contributed by atoms with Crippen LogP contribution in [-0.2, 0) is 17.1 Å². The number of pyridine rings is 2. The van der Waals surface area contributed by atoms with Crippen molar-refractivity contribution in [2.24, 2.45) is 0 Å². The fourth-order valence-corrected chi connectivity index (χ4v) is 3.69. The van der Waals surface area contributed by atoms with Crippen molar-refractivity contribution in [1.29, 1.82) is 0 Å². The number of aryl methyl sites for hydroxylation is 1. The van der Waals surface area contributed by atoms with Crippen molar-refractivity contribution < 1.29 is 4.79 Å². The standard InChI is InChI=1S/C21H27N5OS/c1-17-6-7-20-23-19(14-26(20)12-17)15-28-16-21(27)25(10-9-24(2)3)13-18-5-4-8-22-11-18/h4-8,11-12,14H,9-10,13,15-16H2,1-3H3. The number of carbonyl (C=O) groups excluding carboxylic acids is 1. The van der Waals surface area contributed by atoms with E-state index in [1.165, 1.54) is 5.56 Å². The average Bonchev–Trinajstić information content (AvgIpc) is 3.07. The third-order valence-corrected chi connectivity index (χ3v) is 5.34. The molecule has 0 bridgehead atoms. The Kier molecular flexibility index (Phi) is 7.06. The summed E-state index contributed by atoms with van der Waals surface area (Å²) in [6, 6.07) is 7.99. The van der Waals surface area contributed by atoms with Gasteiger partial charge in [-0.05, 0) is 44.3 Å². The summed E-state index contributed by atoms with van der Waals surface area (Å²) in [7, 11) is 4.04. The van der Waals surface area contributed by atoms with Gasteiger partial charge in [-0.3, -0.25) is 9.78 Å². The molecule has 3 aromatic rings. The number of carbonyl (C=O) groups is 1. The third kappa shape index (κ3) is 5.81. The predicted molar refractivity (Wildman–Crippen MR) is 114 cm³/mol. The number of imidazole rings is 1. The summed E-state index contributed by atoms with van der Waals surface area (Å²) in [5, 5.41) is 0. The normalized spacial score (nSPS) is 11.3. The zero-order valence-corrected chi connectivity index (χ0v) is 17.5. The Labute approximate surface area is 170 Å². The van der Waals surface area contributed by atoms with Crippen LogP contribution in [0, 0.1) is 6.92 Å². The Morgan fingerprint density at radius 3 is 2.79 bits per heavy atom. The molecule has 3 heterocycles. The number of hydrogen-bond acceptors (Lipinski definition) is 5. The summed E-state index contributed by atoms with van der Waals surface area (Å²) < 4.78 is 2.04. The zero-order valence-electron chi connectivity index (χ0n) is 16.7. The molecule has 0 aliphatic heterocycles. The second kappa shape index (κ2) is 9.71. The lowest BCUT2D eigenvalue weighted by molar-refractivity contribution is -0.129. The zero-order chi connectivity index (χ0) is 19.9. The third-order valence-electron chi connectivity index (χ3n) is 4.39. The number of hydrogen-bond donors (Lipinski definition) is 0. The molecule has 148 valence electrons. The van der Waals surface area contributed by atoms with E-state index < -0.39 is 0 Å². The van der Waals surface area contributed by atoms with Gasteiger partial charge in [-0.15, -0.1) is 11.8 Å². The highest BCUT2D eigenvalue weighted by molar-refractivity contribution is 7.99. The fourth-order valence-electron chi connectivity index (χ4n) is 2.88. The van der Waals surface area contributed by atoms with Crippen LogP contribution in [-0.4, -0.2) is 63.0 Å². The van der Waals surface area contributed by atoms with Crippen molar-refractivity contribution in [3.8, 4) is 0 Å². The lowest BCUT2D eigenvalue weighted by Gasteiger charge is -2.24. The van der Waals surface area contributed by atoms with Crippen LogP contribution in [0.3, 0.4) is 0 Å². The fraction of sp³-hybridized carbons (Fsp3) is 0.381. The molecule has 28 heavy (non-hydrogen) atoms. The smallest absolute Gasteiger partial charge is 0.232 e. The first-order chi connectivity index (χ1) is 13.5. The minimum atomic E-state index is 0.148. The van der Waals surface area contributed by atoms with Crippen LogP contribution in [0.25, 0.3) is 5.65 Å². The first-order valence-electron chi connectivity index (χ1n) is 9.34. The number of thioether (sulfide) groups is 1. The van der Waals surface area contributed by atoms with E-state index in [-0.39, 0.29) is 5.91 Å². The van der Waals surface area contributed by atoms with Crippen LogP contribution in [0.15, 0.2) is 49.1 Å². The van der Waals surface area contributed by atoms with Gasteiger partial charge in [-0.1, -0.05) is 12.1 Å². The first-order valence-corrected chi connectivity index (χ1v) is 10.5. The summed E-state index contributed by atoms with van der Waals surface area (Å²) in [5.41, 5.74) is 4.19. The summed E-state index contributed by atoms with van der Waals surface area (Å²) in [4.78, 5) is 25.6. The van der Waals surface area contributed by atoms with Gasteiger partial charge >= 0.3 is 0 Å². The molecule has 0 aliphatic carbocycles. The van der Waals surface area contributed by atoms with E-state index in [9.17, 15) is 4.79 Å². The molecule has 1 amide bonds. The monoisotopic (exact) mass is 397 g/mol. The number of likely N-dealkylation sites (N-methyl/N-ethyl adjacent to an activating group) is 1. The van der Waals surface area contributed by atoms with Gasteiger partial charge in [0, 0.05) is 50.2 Å². The largest absolute Gasteiger partial charge is 0.336 e. The van der Waals surface area contributed by atoms with Gasteiger partial charge < -0.3 is 14.2 Å². The molecule has 0 unspecified atom stereocenters. The van der Waals surface area contributed by atoms with Crippen molar-refractivity contribution in [1.82, 2.24) is 24.2 Å². The minimum absolute atomic E-state index is 0.148. The molecule has 0 aliphatic rings. The van der Waals surface area contributed by atoms with Gasteiger partial charge in [0.25, 0.3) is 0 Å². The van der Waals surface area contributed by atoms with Crippen LogP contribution in [0.1, 0.15) is 16.8 Å². The summed E-state index contributed by atoms with van der Waals surface area (Å²) in [6.07, 6.45) is 7.68. The molecule has 0 atom stereocenters. The van der Waals surface area contributed by atoms with Crippen molar-refractivity contribution in [3.63, 3.8) is 0 Å². The van der Waals surface area contributed by atoms with E-state index in [4.69, 9.17) is 0 Å². The lowest BCUT2D eigenvalue weighted by Crippen LogP contribution is -2.37.